The molecule has 3 N–H and O–H groups in total. The molecule has 4 aromatic rings. The first-order valence-electron chi connectivity index (χ1n) is 14.2. The first-order chi connectivity index (χ1) is 20.2. The number of pyridine rings is 1. The minimum atomic E-state index is -1.29. The Morgan fingerprint density at radius 2 is 1.81 bits per heavy atom. The van der Waals surface area contributed by atoms with Crippen LogP contribution >= 0.6 is 23.4 Å². The van der Waals surface area contributed by atoms with Crippen molar-refractivity contribution in [3.8, 4) is 0 Å². The summed E-state index contributed by atoms with van der Waals surface area (Å²) in [4.78, 5) is 13.7. The summed E-state index contributed by atoms with van der Waals surface area (Å²) in [6.07, 6.45) is 7.83. The van der Waals surface area contributed by atoms with Crippen LogP contribution in [-0.2, 0) is 10.4 Å². The summed E-state index contributed by atoms with van der Waals surface area (Å²) < 4.78 is 0. The second kappa shape index (κ2) is 14.8. The number of nitrogens with zero attached hydrogens (tertiary/aromatic N) is 1. The van der Waals surface area contributed by atoms with Crippen molar-refractivity contribution in [1.29, 1.82) is 0 Å². The number of carboxylic acid groups (broad SMARTS) is 1. The Morgan fingerprint density at radius 1 is 1.07 bits per heavy atom. The Balaban J connectivity index is 0.000000952. The molecule has 1 fully saturated rings. The molecule has 5 nitrogen and oxygen atoms in total. The number of carboxylic acids is 1. The maximum atomic E-state index is 11.0. The average molecular weight is 604 g/mol. The normalized spacial score (nSPS) is 15.2. The topological polar surface area (TPSA) is 90.7 Å². The summed E-state index contributed by atoms with van der Waals surface area (Å²) in [6, 6.07) is 26.4. The summed E-state index contributed by atoms with van der Waals surface area (Å²) in [5, 5.41) is 30.1. The molecule has 1 saturated carbocycles. The molecule has 5 rings (SSSR count). The molecule has 1 aromatic heterocycles. The molecule has 0 aliphatic heterocycles. The van der Waals surface area contributed by atoms with Gasteiger partial charge in [0.05, 0.1) is 17.8 Å². The van der Waals surface area contributed by atoms with E-state index in [9.17, 15) is 10.2 Å². The maximum absolute atomic E-state index is 11.0. The molecule has 1 aliphatic carbocycles. The largest absolute Gasteiger partial charge is 0.481 e. The lowest BCUT2D eigenvalue weighted by Gasteiger charge is -2.28. The summed E-state index contributed by atoms with van der Waals surface area (Å²) in [7, 11) is 0. The number of benzene rings is 3. The Labute approximate surface area is 257 Å². The van der Waals surface area contributed by atoms with Gasteiger partial charge in [-0.15, -0.1) is 0 Å². The molecule has 3 aromatic carbocycles. The molecule has 0 radical (unpaired) electrons. The Hall–Kier alpha value is -3.16. The number of carbonyl (C=O) groups is 1. The van der Waals surface area contributed by atoms with Gasteiger partial charge in [0.1, 0.15) is 5.60 Å². The van der Waals surface area contributed by atoms with Crippen molar-refractivity contribution in [3.63, 3.8) is 0 Å². The van der Waals surface area contributed by atoms with Gasteiger partial charge in [-0.1, -0.05) is 78.3 Å². The van der Waals surface area contributed by atoms with Crippen LogP contribution in [0.15, 0.2) is 78.9 Å². The van der Waals surface area contributed by atoms with Crippen LogP contribution in [0.1, 0.15) is 67.0 Å². The van der Waals surface area contributed by atoms with Gasteiger partial charge < -0.3 is 15.3 Å². The molecular weight excluding hydrogens is 566 g/mol. The van der Waals surface area contributed by atoms with Crippen molar-refractivity contribution >= 4 is 52.4 Å². The molecule has 0 unspecified atom stereocenters. The van der Waals surface area contributed by atoms with Crippen LogP contribution in [0.5, 0.6) is 0 Å². The van der Waals surface area contributed by atoms with E-state index in [-0.39, 0.29) is 12.5 Å². The molecular formula is C35H38ClNO4S. The number of fused-ring (bicyclic) bond motifs is 1. The van der Waals surface area contributed by atoms with Gasteiger partial charge in [-0.25, -0.2) is 4.98 Å². The van der Waals surface area contributed by atoms with Crippen LogP contribution in [0.3, 0.4) is 0 Å². The highest BCUT2D eigenvalue weighted by atomic mass is 35.5. The van der Waals surface area contributed by atoms with Crippen molar-refractivity contribution in [2.45, 2.75) is 44.6 Å². The van der Waals surface area contributed by atoms with Gasteiger partial charge in [0.15, 0.2) is 0 Å². The maximum Gasteiger partial charge on any atom is 0.300 e. The number of hydrogen-bond donors (Lipinski definition) is 3. The van der Waals surface area contributed by atoms with Gasteiger partial charge in [0.2, 0.25) is 0 Å². The minimum Gasteiger partial charge on any atom is -0.481 e. The van der Waals surface area contributed by atoms with E-state index >= 15 is 0 Å². The van der Waals surface area contributed by atoms with Crippen molar-refractivity contribution < 1.29 is 20.1 Å². The van der Waals surface area contributed by atoms with E-state index in [1.54, 1.807) is 6.92 Å². The van der Waals surface area contributed by atoms with Gasteiger partial charge >= 0.3 is 0 Å². The highest BCUT2D eigenvalue weighted by Crippen LogP contribution is 2.38. The number of hydrogen-bond acceptors (Lipinski definition) is 5. The molecule has 42 heavy (non-hydrogen) atoms. The fourth-order valence-corrected chi connectivity index (χ4v) is 6.28. The van der Waals surface area contributed by atoms with Crippen LogP contribution in [-0.4, -0.2) is 44.4 Å². The third-order valence-corrected chi connectivity index (χ3v) is 8.73. The third-order valence-electron chi connectivity index (χ3n) is 7.26. The molecule has 0 amide bonds. The van der Waals surface area contributed by atoms with E-state index in [1.165, 1.54) is 24.2 Å². The molecule has 0 bridgehead atoms. The fraction of sp³-hybridized carbons (Fsp3) is 0.314. The predicted octanol–water partition coefficient (Wildman–Crippen LogP) is 8.01. The molecule has 1 aliphatic rings. The molecule has 0 spiro atoms. The van der Waals surface area contributed by atoms with E-state index in [2.05, 4.69) is 42.5 Å². The Bertz CT molecular complexity index is 1530. The summed E-state index contributed by atoms with van der Waals surface area (Å²) >= 11 is 8.20. The van der Waals surface area contributed by atoms with Crippen LogP contribution in [0.2, 0.25) is 5.02 Å². The predicted molar refractivity (Wildman–Crippen MR) is 175 cm³/mol. The van der Waals surface area contributed by atoms with Crippen LogP contribution < -0.4 is 0 Å². The molecule has 220 valence electrons. The fourth-order valence-electron chi connectivity index (χ4n) is 4.87. The van der Waals surface area contributed by atoms with Crippen LogP contribution in [0.25, 0.3) is 23.1 Å². The second-order valence-corrected chi connectivity index (χ2v) is 12.6. The van der Waals surface area contributed by atoms with E-state index in [0.29, 0.717) is 5.02 Å². The standard InChI is InChI=1S/C33H34ClNO2S.C2H4O2/c1-33(37,22-36)31-8-3-2-7-30(31)29(17-18-38-21-24-9-10-24)26-6-4-5-23(19-26)11-15-28-16-13-25-12-14-27(34)20-32(25)35-28;1-2(3)4/h2-8,11-16,19-20,24,29,36-37H,9-10,17-18,21-22H2,1H3;1H3,(H,3,4)/b15-11+;/t29-,33+;/m1./s1. The molecule has 7 heteroatoms. The number of aliphatic hydroxyl groups excluding tert-OH is 1. The Kier molecular flexibility index (Phi) is 11.2. The van der Waals surface area contributed by atoms with Crippen LogP contribution in [0.4, 0.5) is 0 Å². The van der Waals surface area contributed by atoms with Crippen molar-refractivity contribution in [2.24, 2.45) is 5.92 Å². The number of halogens is 1. The summed E-state index contributed by atoms with van der Waals surface area (Å²) in [6.45, 7) is 2.45. The zero-order valence-electron chi connectivity index (χ0n) is 24.0. The number of aliphatic hydroxyl groups is 2. The van der Waals surface area contributed by atoms with Gasteiger partial charge in [-0.3, -0.25) is 4.79 Å². The highest BCUT2D eigenvalue weighted by molar-refractivity contribution is 7.99. The monoisotopic (exact) mass is 603 g/mol. The molecule has 0 saturated heterocycles. The zero-order chi connectivity index (χ0) is 30.1. The lowest BCUT2D eigenvalue weighted by Crippen LogP contribution is -2.28. The first-order valence-corrected chi connectivity index (χ1v) is 15.7. The van der Waals surface area contributed by atoms with Crippen LogP contribution in [0, 0.1) is 5.92 Å². The van der Waals surface area contributed by atoms with Crippen molar-refractivity contribution in [3.05, 3.63) is 112 Å². The van der Waals surface area contributed by atoms with E-state index in [4.69, 9.17) is 26.5 Å². The number of thioether (sulfide) groups is 1. The minimum absolute atomic E-state index is 0.116. The number of aliphatic carboxylic acids is 1. The SMILES string of the molecule is CC(=O)O.C[C@](O)(CO)c1ccccc1[C@H](CCSCC1CC1)c1cccc(/C=C/c2ccc3ccc(Cl)cc3n2)c1. The zero-order valence-corrected chi connectivity index (χ0v) is 25.6. The molecule has 1 heterocycles. The van der Waals surface area contributed by atoms with E-state index in [1.807, 2.05) is 60.3 Å². The average Bonchev–Trinajstić information content (AvgIpc) is 3.80. The third kappa shape index (κ3) is 9.17. The lowest BCUT2D eigenvalue weighted by atomic mass is 9.81. The first kappa shape index (κ1) is 31.8. The highest BCUT2D eigenvalue weighted by Gasteiger charge is 2.29. The van der Waals surface area contributed by atoms with Crippen molar-refractivity contribution in [1.82, 2.24) is 4.98 Å². The molecule has 2 atom stereocenters. The Morgan fingerprint density at radius 3 is 2.55 bits per heavy atom. The number of rotatable bonds is 11. The summed E-state index contributed by atoms with van der Waals surface area (Å²) in [5.74, 6) is 2.47. The van der Waals surface area contributed by atoms with Gasteiger partial charge in [-0.2, -0.15) is 11.8 Å². The second-order valence-electron chi connectivity index (χ2n) is 11.0. The van der Waals surface area contributed by atoms with Crippen molar-refractivity contribution in [2.75, 3.05) is 18.1 Å². The van der Waals surface area contributed by atoms with Gasteiger partial charge in [-0.05, 0) is 90.1 Å². The van der Waals surface area contributed by atoms with Gasteiger partial charge in [0.25, 0.3) is 5.97 Å². The quantitative estimate of drug-likeness (QED) is 0.150. The van der Waals surface area contributed by atoms with E-state index in [0.717, 1.165) is 58.3 Å². The number of aromatic nitrogens is 1. The van der Waals surface area contributed by atoms with Gasteiger partial charge in [0, 0.05) is 23.3 Å². The summed E-state index contributed by atoms with van der Waals surface area (Å²) in [5.41, 5.74) is 4.63. The smallest absolute Gasteiger partial charge is 0.300 e. The van der Waals surface area contributed by atoms with E-state index < -0.39 is 11.6 Å². The lowest BCUT2D eigenvalue weighted by molar-refractivity contribution is -0.134.